The van der Waals surface area contributed by atoms with Crippen molar-refractivity contribution in [1.29, 1.82) is 0 Å². The van der Waals surface area contributed by atoms with E-state index in [0.717, 1.165) is 0 Å². The Balaban J connectivity index is 3.91. The summed E-state index contributed by atoms with van der Waals surface area (Å²) in [6, 6.07) is 0. The number of halogens is 1. The summed E-state index contributed by atoms with van der Waals surface area (Å²) in [5, 5.41) is 0. The van der Waals surface area contributed by atoms with Crippen LogP contribution in [0.1, 0.15) is 6.92 Å². The number of hydrogen-bond acceptors (Lipinski definition) is 2. The largest absolute Gasteiger partial charge is 0.424 e. The molecule has 0 aromatic rings. The van der Waals surface area contributed by atoms with Gasteiger partial charge in [-0.1, -0.05) is 0 Å². The van der Waals surface area contributed by atoms with Crippen molar-refractivity contribution >= 4 is 27.3 Å². The summed E-state index contributed by atoms with van der Waals surface area (Å²) < 4.78 is 11.2. The van der Waals surface area contributed by atoms with Crippen LogP contribution in [-0.4, -0.2) is 22.8 Å². The van der Waals surface area contributed by atoms with Gasteiger partial charge in [-0.05, 0) is 33.1 Å². The first-order valence-electron chi connectivity index (χ1n) is 3.80. The van der Waals surface area contributed by atoms with Gasteiger partial charge in [-0.2, -0.15) is 0 Å². The lowest BCUT2D eigenvalue weighted by Crippen LogP contribution is -2.43. The third kappa shape index (κ3) is 7.02. The highest BCUT2D eigenvalue weighted by Gasteiger charge is 2.32. The van der Waals surface area contributed by atoms with E-state index in [4.69, 9.17) is 19.6 Å². The van der Waals surface area contributed by atoms with E-state index in [1.807, 2.05) is 33.1 Å². The molecular weight excluding hydrogens is 196 g/mol. The predicted molar refractivity (Wildman–Crippen MR) is 53.5 cm³/mol. The molecule has 0 bridgehead atoms. The first-order valence-corrected chi connectivity index (χ1v) is 10.5. The van der Waals surface area contributed by atoms with E-state index >= 15 is 0 Å². The second kappa shape index (κ2) is 4.04. The van der Waals surface area contributed by atoms with Crippen LogP contribution >= 0.6 is 11.1 Å². The zero-order valence-corrected chi connectivity index (χ0v) is 10.7. The van der Waals surface area contributed by atoms with Crippen LogP contribution in [0.5, 0.6) is 0 Å². The van der Waals surface area contributed by atoms with Crippen LogP contribution in [0.4, 0.5) is 0 Å². The Morgan fingerprint density at radius 2 is 1.64 bits per heavy atom. The molecule has 0 unspecified atom stereocenters. The van der Waals surface area contributed by atoms with E-state index in [2.05, 4.69) is 0 Å². The fourth-order valence-corrected chi connectivity index (χ4v) is 8.24. The average Bonchev–Trinajstić information content (AvgIpc) is 1.55. The van der Waals surface area contributed by atoms with Gasteiger partial charge in [0, 0.05) is 6.61 Å². The predicted octanol–water partition coefficient (Wildman–Crippen LogP) is 2.68. The minimum absolute atomic E-state index is 0.709. The van der Waals surface area contributed by atoms with Gasteiger partial charge < -0.3 is 8.54 Å². The highest BCUT2D eigenvalue weighted by molar-refractivity contribution is 7.17. The van der Waals surface area contributed by atoms with Crippen LogP contribution < -0.4 is 0 Å². The van der Waals surface area contributed by atoms with E-state index in [-0.39, 0.29) is 0 Å². The second-order valence-electron chi connectivity index (χ2n) is 3.30. The molecule has 68 valence electrons. The van der Waals surface area contributed by atoms with Gasteiger partial charge in [-0.15, -0.1) is 11.1 Å². The van der Waals surface area contributed by atoms with Gasteiger partial charge in [0.1, 0.15) is 0 Å². The Hall–Kier alpha value is 0.644. The first kappa shape index (κ1) is 11.6. The van der Waals surface area contributed by atoms with Crippen molar-refractivity contribution in [2.75, 3.05) is 6.61 Å². The molecule has 0 N–H and O–H groups in total. The molecule has 5 heteroatoms. The highest BCUT2D eigenvalue weighted by Crippen LogP contribution is 2.18. The van der Waals surface area contributed by atoms with E-state index in [1.165, 1.54) is 0 Å². The number of rotatable bonds is 4. The van der Waals surface area contributed by atoms with E-state index in [1.54, 1.807) is 0 Å². The van der Waals surface area contributed by atoms with E-state index < -0.39 is 16.2 Å². The normalized spacial score (nSPS) is 13.6. The molecule has 0 heterocycles. The fraction of sp³-hybridized carbons (Fsp3) is 1.00. The molecular formula is C6H17ClO2Si2. The van der Waals surface area contributed by atoms with E-state index in [0.29, 0.717) is 6.61 Å². The third-order valence-electron chi connectivity index (χ3n) is 0.980. The average molecular weight is 213 g/mol. The Kier molecular flexibility index (Phi) is 4.28. The zero-order valence-electron chi connectivity index (χ0n) is 7.90. The van der Waals surface area contributed by atoms with Crippen molar-refractivity contribution in [3.8, 4) is 0 Å². The first-order chi connectivity index (χ1) is 4.77. The van der Waals surface area contributed by atoms with Gasteiger partial charge in [-0.3, -0.25) is 0 Å². The molecule has 0 aromatic carbocycles. The highest BCUT2D eigenvalue weighted by atomic mass is 35.6. The Labute approximate surface area is 75.9 Å². The third-order valence-corrected chi connectivity index (χ3v) is 6.57. The molecule has 0 amide bonds. The molecule has 0 aromatic heterocycles. The van der Waals surface area contributed by atoms with Crippen molar-refractivity contribution in [2.24, 2.45) is 0 Å². The second-order valence-corrected chi connectivity index (χ2v) is 12.7. The molecule has 0 radical (unpaired) electrons. The summed E-state index contributed by atoms with van der Waals surface area (Å²) in [7, 11) is -3.83. The molecule has 0 saturated heterocycles. The van der Waals surface area contributed by atoms with E-state index in [9.17, 15) is 0 Å². The lowest BCUT2D eigenvalue weighted by molar-refractivity contribution is 0.264. The van der Waals surface area contributed by atoms with Crippen molar-refractivity contribution in [3.63, 3.8) is 0 Å². The smallest absolute Gasteiger partial charge is 0.322 e. The summed E-state index contributed by atoms with van der Waals surface area (Å²) >= 11 is 6.02. The minimum Gasteiger partial charge on any atom is -0.424 e. The van der Waals surface area contributed by atoms with Crippen LogP contribution in [0.15, 0.2) is 0 Å². The van der Waals surface area contributed by atoms with Gasteiger partial charge in [0.2, 0.25) is 0 Å². The minimum atomic E-state index is -1.92. The fourth-order valence-electron chi connectivity index (χ4n) is 0.962. The summed E-state index contributed by atoms with van der Waals surface area (Å²) in [4.78, 5) is 0. The lowest BCUT2D eigenvalue weighted by atomic mass is 10.9. The molecule has 0 aliphatic rings. The van der Waals surface area contributed by atoms with Crippen molar-refractivity contribution < 1.29 is 8.54 Å². The van der Waals surface area contributed by atoms with Crippen LogP contribution in [-0.2, 0) is 8.54 Å². The van der Waals surface area contributed by atoms with Gasteiger partial charge in [0.25, 0.3) is 7.63 Å². The quantitative estimate of drug-likeness (QED) is 0.527. The van der Waals surface area contributed by atoms with Gasteiger partial charge in [0.05, 0.1) is 0 Å². The molecule has 11 heavy (non-hydrogen) atoms. The molecule has 0 aliphatic heterocycles. The maximum Gasteiger partial charge on any atom is 0.322 e. The molecule has 0 spiro atoms. The Morgan fingerprint density at radius 1 is 1.18 bits per heavy atom. The van der Waals surface area contributed by atoms with Crippen LogP contribution in [0.25, 0.3) is 0 Å². The zero-order chi connectivity index (χ0) is 9.12. The summed E-state index contributed by atoms with van der Waals surface area (Å²) in [6.45, 7) is 10.6. The van der Waals surface area contributed by atoms with Crippen LogP contribution in [0, 0.1) is 0 Å². The molecule has 0 atom stereocenters. The molecule has 0 rings (SSSR count). The lowest BCUT2D eigenvalue weighted by Gasteiger charge is -2.28. The van der Waals surface area contributed by atoms with Gasteiger partial charge in [0.15, 0.2) is 0 Å². The van der Waals surface area contributed by atoms with Crippen LogP contribution in [0.3, 0.4) is 0 Å². The molecule has 0 fully saturated rings. The maximum atomic E-state index is 6.02. The Bertz CT molecular complexity index is 122. The Morgan fingerprint density at radius 3 is 1.91 bits per heavy atom. The molecule has 2 nitrogen and oxygen atoms in total. The summed E-state index contributed by atoms with van der Waals surface area (Å²) in [5.74, 6) is 0. The summed E-state index contributed by atoms with van der Waals surface area (Å²) in [6.07, 6.45) is 0. The molecule has 0 aliphatic carbocycles. The summed E-state index contributed by atoms with van der Waals surface area (Å²) in [5.41, 5.74) is 0. The van der Waals surface area contributed by atoms with Crippen molar-refractivity contribution in [2.45, 2.75) is 33.1 Å². The van der Waals surface area contributed by atoms with Gasteiger partial charge in [-0.25, -0.2) is 0 Å². The van der Waals surface area contributed by atoms with Gasteiger partial charge >= 0.3 is 8.56 Å². The van der Waals surface area contributed by atoms with Crippen molar-refractivity contribution in [1.82, 2.24) is 0 Å². The monoisotopic (exact) mass is 212 g/mol. The topological polar surface area (TPSA) is 18.5 Å². The SMILES string of the molecule is CCO[Si](C)(C)O[Si](C)(C)Cl. The number of hydrogen-bond donors (Lipinski definition) is 0. The maximum absolute atomic E-state index is 6.02. The van der Waals surface area contributed by atoms with Crippen LogP contribution in [0.2, 0.25) is 26.2 Å². The molecule has 0 saturated carbocycles. The standard InChI is InChI=1S/C6H17ClO2Si2/c1-6-8-11(4,5)9-10(2,3)7/h6H2,1-5H3. The van der Waals surface area contributed by atoms with Crippen molar-refractivity contribution in [3.05, 3.63) is 0 Å².